The molecular formula is C38H39F2N11O6. The van der Waals surface area contributed by atoms with E-state index in [1.165, 1.54) is 24.3 Å². The lowest BCUT2D eigenvalue weighted by atomic mass is 10.0. The number of halogens is 2. The lowest BCUT2D eigenvalue weighted by molar-refractivity contribution is -0.136. The molecule has 19 heteroatoms. The van der Waals surface area contributed by atoms with E-state index in [9.17, 15) is 33.1 Å². The lowest BCUT2D eigenvalue weighted by Crippen LogP contribution is -2.54. The number of hydrogen-bond donors (Lipinski definition) is 5. The predicted molar refractivity (Wildman–Crippen MR) is 199 cm³/mol. The van der Waals surface area contributed by atoms with Crippen LogP contribution in [0.4, 0.5) is 26.4 Å². The van der Waals surface area contributed by atoms with Gasteiger partial charge < -0.3 is 20.5 Å². The summed E-state index contributed by atoms with van der Waals surface area (Å²) in [4.78, 5) is 62.3. The number of aliphatic hydroxyl groups is 1. The van der Waals surface area contributed by atoms with Gasteiger partial charge in [-0.1, -0.05) is 6.07 Å². The monoisotopic (exact) mass is 783 g/mol. The fraction of sp³-hybridized carbons (Fsp3) is 0.368. The maximum Gasteiger partial charge on any atom is 0.262 e. The molecule has 5 aromatic rings. The van der Waals surface area contributed by atoms with Crippen molar-refractivity contribution >= 4 is 52.2 Å². The maximum atomic E-state index is 14.4. The quantitative estimate of drug-likeness (QED) is 0.0853. The maximum absolute atomic E-state index is 14.4. The van der Waals surface area contributed by atoms with Crippen molar-refractivity contribution in [2.75, 3.05) is 30.3 Å². The minimum atomic E-state index is -1.05. The molecule has 5 N–H and O–H groups in total. The van der Waals surface area contributed by atoms with Gasteiger partial charge in [-0.05, 0) is 63.3 Å². The van der Waals surface area contributed by atoms with Crippen molar-refractivity contribution < 1.29 is 37.8 Å². The molecule has 4 amide bonds. The lowest BCUT2D eigenvalue weighted by Gasteiger charge is -2.35. The summed E-state index contributed by atoms with van der Waals surface area (Å²) in [6.07, 6.45) is 3.37. The second kappa shape index (κ2) is 15.7. The standard InChI is InChI=1S/C38H39F2N11O6/c1-20-15-30(48-47-20)43-33-27-19-42-51(34(27)46-38(45-33)41-18-21-4-5-22(39)16-28(21)40)23-10-12-49(13-11-23)32(53)3-2-14-57-24-6-7-25-26(17-24)37(56)50(36(25)55)29-8-9-31(52)44-35(29)54/h4-7,15-17,19,23,29,32,53H,2-3,8-14,18H2,1H3,(H,44,52,54)(H3,41,43,45,46,47,48). The summed E-state index contributed by atoms with van der Waals surface area (Å²) in [5.74, 6) is -2.07. The SMILES string of the molecule is Cc1cc(Nc2nc(NCc3ccc(F)cc3F)nc3c2cnn3C2CCN(C(O)CCCOc3ccc4c(c3)C(=O)N(C3CCC(=O)NC3=O)C4=O)CC2)n[nH]1. The second-order valence-electron chi connectivity index (χ2n) is 14.3. The number of rotatable bonds is 13. The van der Waals surface area contributed by atoms with Crippen molar-refractivity contribution in [3.8, 4) is 5.75 Å². The Balaban J connectivity index is 0.866. The topological polar surface area (TPSA) is 213 Å². The first kappa shape index (κ1) is 37.6. The van der Waals surface area contributed by atoms with Crippen LogP contribution in [0.25, 0.3) is 11.0 Å². The number of aryl methyl sites for hydroxylation is 1. The molecule has 8 rings (SSSR count). The average molecular weight is 784 g/mol. The van der Waals surface area contributed by atoms with Crippen LogP contribution in [-0.4, -0.2) is 100 Å². The predicted octanol–water partition coefficient (Wildman–Crippen LogP) is 3.71. The summed E-state index contributed by atoms with van der Waals surface area (Å²) in [5, 5.41) is 32.0. The van der Waals surface area contributed by atoms with Crippen molar-refractivity contribution in [2.45, 2.75) is 70.3 Å². The van der Waals surface area contributed by atoms with Crippen LogP contribution in [0.3, 0.4) is 0 Å². The number of aromatic amines is 1. The minimum absolute atomic E-state index is 0.0211. The molecule has 3 aliphatic heterocycles. The number of anilines is 3. The first-order valence-corrected chi connectivity index (χ1v) is 18.6. The Hall–Kier alpha value is -6.34. The third kappa shape index (κ3) is 7.75. The van der Waals surface area contributed by atoms with Crippen molar-refractivity contribution in [1.82, 2.24) is 45.1 Å². The summed E-state index contributed by atoms with van der Waals surface area (Å²) in [7, 11) is 0. The van der Waals surface area contributed by atoms with Crippen LogP contribution in [0.15, 0.2) is 48.7 Å². The summed E-state index contributed by atoms with van der Waals surface area (Å²) in [6.45, 7) is 3.34. The van der Waals surface area contributed by atoms with Crippen LogP contribution < -0.4 is 20.7 Å². The van der Waals surface area contributed by atoms with E-state index in [1.807, 2.05) is 22.6 Å². The van der Waals surface area contributed by atoms with Gasteiger partial charge >= 0.3 is 0 Å². The Kier molecular flexibility index (Phi) is 10.3. The molecular weight excluding hydrogens is 744 g/mol. The number of nitrogens with one attached hydrogen (secondary N) is 4. The highest BCUT2D eigenvalue weighted by Crippen LogP contribution is 2.32. The van der Waals surface area contributed by atoms with Crippen LogP contribution in [0.5, 0.6) is 5.75 Å². The second-order valence-corrected chi connectivity index (χ2v) is 14.3. The highest BCUT2D eigenvalue weighted by Gasteiger charge is 2.44. The van der Waals surface area contributed by atoms with Gasteiger partial charge in [-0.2, -0.15) is 20.2 Å². The number of fused-ring (bicyclic) bond motifs is 2. The van der Waals surface area contributed by atoms with Gasteiger partial charge in [0.1, 0.15) is 35.5 Å². The number of ether oxygens (including phenoxy) is 1. The number of imide groups is 2. The summed E-state index contributed by atoms with van der Waals surface area (Å²) >= 11 is 0. The highest BCUT2D eigenvalue weighted by atomic mass is 19.1. The molecule has 2 aromatic carbocycles. The molecule has 3 aliphatic rings. The number of carbonyl (C=O) groups excluding carboxylic acids is 4. The Morgan fingerprint density at radius 1 is 1.00 bits per heavy atom. The Morgan fingerprint density at radius 3 is 2.56 bits per heavy atom. The zero-order chi connectivity index (χ0) is 39.8. The van der Waals surface area contributed by atoms with Crippen LogP contribution >= 0.6 is 0 Å². The van der Waals surface area contributed by atoms with Gasteiger partial charge in [-0.3, -0.25) is 39.4 Å². The molecule has 6 heterocycles. The van der Waals surface area contributed by atoms with E-state index in [4.69, 9.17) is 9.72 Å². The molecule has 0 radical (unpaired) electrons. The summed E-state index contributed by atoms with van der Waals surface area (Å²) in [5.41, 5.74) is 1.96. The number of hydrogen-bond acceptors (Lipinski definition) is 13. The molecule has 0 bridgehead atoms. The van der Waals surface area contributed by atoms with Crippen LogP contribution in [0, 0.1) is 18.6 Å². The van der Waals surface area contributed by atoms with Crippen molar-refractivity contribution in [2.24, 2.45) is 0 Å². The molecule has 2 atom stereocenters. The molecule has 57 heavy (non-hydrogen) atoms. The number of aromatic nitrogens is 6. The normalized spacial score (nSPS) is 18.2. The van der Waals surface area contributed by atoms with Gasteiger partial charge in [0.2, 0.25) is 17.8 Å². The van der Waals surface area contributed by atoms with Gasteiger partial charge in [-0.25, -0.2) is 13.5 Å². The number of H-pyrrole nitrogens is 1. The smallest absolute Gasteiger partial charge is 0.262 e. The van der Waals surface area contributed by atoms with Gasteiger partial charge in [0.05, 0.1) is 35.4 Å². The van der Waals surface area contributed by atoms with E-state index in [1.54, 1.807) is 12.3 Å². The van der Waals surface area contributed by atoms with Gasteiger partial charge in [0.25, 0.3) is 11.8 Å². The highest BCUT2D eigenvalue weighted by molar-refractivity contribution is 6.23. The average Bonchev–Trinajstić information content (AvgIpc) is 3.88. The molecule has 2 unspecified atom stereocenters. The number of piperidine rings is 2. The Bertz CT molecular complexity index is 2380. The molecule has 0 aliphatic carbocycles. The molecule has 2 saturated heterocycles. The Labute approximate surface area is 323 Å². The Morgan fingerprint density at radius 2 is 1.81 bits per heavy atom. The van der Waals surface area contributed by atoms with E-state index >= 15 is 0 Å². The summed E-state index contributed by atoms with van der Waals surface area (Å²) in [6, 6.07) is 8.69. The number of carbonyl (C=O) groups is 4. The van der Waals surface area contributed by atoms with E-state index in [-0.39, 0.29) is 54.7 Å². The van der Waals surface area contributed by atoms with Gasteiger partial charge in [-0.15, -0.1) is 0 Å². The molecule has 296 valence electrons. The number of aliphatic hydroxyl groups excluding tert-OH is 1. The van der Waals surface area contributed by atoms with E-state index in [0.717, 1.165) is 16.7 Å². The molecule has 17 nitrogen and oxygen atoms in total. The third-order valence-corrected chi connectivity index (χ3v) is 10.4. The zero-order valence-electron chi connectivity index (χ0n) is 30.8. The molecule has 0 spiro atoms. The molecule has 0 saturated carbocycles. The van der Waals surface area contributed by atoms with E-state index in [0.29, 0.717) is 67.2 Å². The first-order valence-electron chi connectivity index (χ1n) is 18.6. The zero-order valence-corrected chi connectivity index (χ0v) is 30.8. The van der Waals surface area contributed by atoms with Crippen molar-refractivity contribution in [1.29, 1.82) is 0 Å². The number of likely N-dealkylation sites (tertiary alicyclic amines) is 1. The van der Waals surface area contributed by atoms with Crippen molar-refractivity contribution in [3.63, 3.8) is 0 Å². The van der Waals surface area contributed by atoms with Crippen molar-refractivity contribution in [3.05, 3.63) is 82.7 Å². The van der Waals surface area contributed by atoms with E-state index < -0.39 is 47.5 Å². The fourth-order valence-electron chi connectivity index (χ4n) is 7.42. The molecule has 2 fully saturated rings. The summed E-state index contributed by atoms with van der Waals surface area (Å²) < 4.78 is 35.6. The van der Waals surface area contributed by atoms with Crippen LogP contribution in [-0.2, 0) is 16.1 Å². The number of benzene rings is 2. The fourth-order valence-corrected chi connectivity index (χ4v) is 7.42. The number of amides is 4. The number of nitrogens with zero attached hydrogens (tertiary/aromatic N) is 7. The van der Waals surface area contributed by atoms with Gasteiger partial charge in [0, 0.05) is 49.4 Å². The van der Waals surface area contributed by atoms with E-state index in [2.05, 4.69) is 36.2 Å². The minimum Gasteiger partial charge on any atom is -0.494 e. The molecule has 3 aromatic heterocycles. The first-order chi connectivity index (χ1) is 27.5. The van der Waals surface area contributed by atoms with Gasteiger partial charge in [0.15, 0.2) is 11.5 Å². The third-order valence-electron chi connectivity index (χ3n) is 10.4. The van der Waals surface area contributed by atoms with Crippen LogP contribution in [0.1, 0.15) is 76.5 Å². The van der Waals surface area contributed by atoms with Crippen LogP contribution in [0.2, 0.25) is 0 Å². The largest absolute Gasteiger partial charge is 0.494 e.